The molecule has 0 radical (unpaired) electrons. The molecule has 6 rings (SSSR count). The number of carbonyl (C=O) groups is 4. The van der Waals surface area contributed by atoms with E-state index in [1.54, 1.807) is 31.2 Å². The van der Waals surface area contributed by atoms with Crippen molar-refractivity contribution in [1.82, 2.24) is 4.90 Å². The molecule has 144 valence electrons. The Bertz CT molecular complexity index is 898. The fraction of sp³-hybridized carbons (Fsp3) is 0.455. The highest BCUT2D eigenvalue weighted by atomic mass is 16.2. The van der Waals surface area contributed by atoms with Crippen molar-refractivity contribution in [2.24, 2.45) is 35.5 Å². The number of benzene rings is 1. The van der Waals surface area contributed by atoms with E-state index in [0.717, 1.165) is 6.42 Å². The van der Waals surface area contributed by atoms with Crippen LogP contribution >= 0.6 is 0 Å². The van der Waals surface area contributed by atoms with Crippen molar-refractivity contribution in [3.05, 3.63) is 42.0 Å². The lowest BCUT2D eigenvalue weighted by Gasteiger charge is -2.37. The van der Waals surface area contributed by atoms with Crippen LogP contribution in [0.3, 0.4) is 0 Å². The van der Waals surface area contributed by atoms with Crippen LogP contribution in [0.2, 0.25) is 0 Å². The SMILES string of the molecule is CC(=O)c1ccc(NC(=O)[C@H](C)N2C(=O)[C@@H]3[C@H]4C=C[C@@H]([C@@H]5C[C@H]45)[C@H]3C2=O)cc1. The number of imide groups is 1. The molecule has 0 unspecified atom stereocenters. The number of amides is 3. The molecule has 1 heterocycles. The van der Waals surface area contributed by atoms with Gasteiger partial charge in [-0.1, -0.05) is 12.2 Å². The first kappa shape index (κ1) is 17.3. The maximum atomic E-state index is 13.1. The third-order valence-corrected chi connectivity index (χ3v) is 7.02. The molecule has 4 aliphatic carbocycles. The predicted molar refractivity (Wildman–Crippen MR) is 101 cm³/mol. The Kier molecular flexibility index (Phi) is 3.63. The highest BCUT2D eigenvalue weighted by molar-refractivity contribution is 6.10. The van der Waals surface area contributed by atoms with Crippen LogP contribution in [0, 0.1) is 35.5 Å². The van der Waals surface area contributed by atoms with Gasteiger partial charge < -0.3 is 5.32 Å². The van der Waals surface area contributed by atoms with Crippen molar-refractivity contribution in [2.75, 3.05) is 5.32 Å². The van der Waals surface area contributed by atoms with Gasteiger partial charge in [-0.25, -0.2) is 0 Å². The zero-order valence-corrected chi connectivity index (χ0v) is 15.8. The lowest BCUT2D eigenvalue weighted by atomic mass is 9.63. The predicted octanol–water partition coefficient (Wildman–Crippen LogP) is 2.27. The number of ketones is 1. The molecule has 28 heavy (non-hydrogen) atoms. The molecule has 1 aromatic carbocycles. The maximum absolute atomic E-state index is 13.1. The van der Waals surface area contributed by atoms with Crippen molar-refractivity contribution < 1.29 is 19.2 Å². The molecule has 0 aromatic heterocycles. The third kappa shape index (κ3) is 2.33. The molecule has 7 atom stereocenters. The summed E-state index contributed by atoms with van der Waals surface area (Å²) in [6, 6.07) is 5.70. The summed E-state index contributed by atoms with van der Waals surface area (Å²) in [6.07, 6.45) is 5.36. The van der Waals surface area contributed by atoms with E-state index in [9.17, 15) is 19.2 Å². The first-order valence-corrected chi connectivity index (χ1v) is 9.85. The normalized spacial score (nSPS) is 35.4. The minimum atomic E-state index is -0.867. The topological polar surface area (TPSA) is 83.6 Å². The number of likely N-dealkylation sites (tertiary alicyclic amines) is 1. The van der Waals surface area contributed by atoms with E-state index in [-0.39, 0.29) is 41.3 Å². The highest BCUT2D eigenvalue weighted by Crippen LogP contribution is 2.65. The molecule has 1 aliphatic heterocycles. The Morgan fingerprint density at radius 2 is 1.54 bits per heavy atom. The minimum Gasteiger partial charge on any atom is -0.324 e. The maximum Gasteiger partial charge on any atom is 0.247 e. The molecular formula is C22H22N2O4. The Morgan fingerprint density at radius 1 is 1.00 bits per heavy atom. The summed E-state index contributed by atoms with van der Waals surface area (Å²) >= 11 is 0. The number of allylic oxidation sites excluding steroid dienone is 2. The van der Waals surface area contributed by atoms with Crippen LogP contribution in [0.5, 0.6) is 0 Å². The van der Waals surface area contributed by atoms with Crippen LogP contribution in [0.25, 0.3) is 0 Å². The number of nitrogens with one attached hydrogen (secondary N) is 1. The van der Waals surface area contributed by atoms with Gasteiger partial charge in [0.1, 0.15) is 6.04 Å². The van der Waals surface area contributed by atoms with Gasteiger partial charge in [0.25, 0.3) is 0 Å². The van der Waals surface area contributed by atoms with E-state index in [2.05, 4.69) is 17.5 Å². The van der Waals surface area contributed by atoms with E-state index in [0.29, 0.717) is 23.1 Å². The summed E-state index contributed by atoms with van der Waals surface area (Å²) in [5.74, 6) is -0.0681. The number of Topliss-reactive ketones (excluding diaryl/α,β-unsaturated/α-hetero) is 1. The summed E-state index contributed by atoms with van der Waals surface area (Å²) in [5, 5.41) is 2.75. The summed E-state index contributed by atoms with van der Waals surface area (Å²) < 4.78 is 0. The van der Waals surface area contributed by atoms with Gasteiger partial charge in [0, 0.05) is 11.3 Å². The first-order chi connectivity index (χ1) is 13.4. The Hall–Kier alpha value is -2.76. The van der Waals surface area contributed by atoms with Gasteiger partial charge >= 0.3 is 0 Å². The summed E-state index contributed by atoms with van der Waals surface area (Å²) in [7, 11) is 0. The number of nitrogens with zero attached hydrogens (tertiary/aromatic N) is 1. The van der Waals surface area contributed by atoms with Crippen LogP contribution in [-0.4, -0.2) is 34.4 Å². The Labute approximate surface area is 163 Å². The van der Waals surface area contributed by atoms with Crippen LogP contribution in [-0.2, 0) is 14.4 Å². The molecule has 3 fully saturated rings. The van der Waals surface area contributed by atoms with Crippen LogP contribution in [0.1, 0.15) is 30.6 Å². The van der Waals surface area contributed by atoms with Crippen molar-refractivity contribution in [2.45, 2.75) is 26.3 Å². The Balaban J connectivity index is 1.33. The van der Waals surface area contributed by atoms with Gasteiger partial charge in [-0.15, -0.1) is 0 Å². The van der Waals surface area contributed by atoms with Gasteiger partial charge in [0.15, 0.2) is 5.78 Å². The van der Waals surface area contributed by atoms with Crippen molar-refractivity contribution in [1.29, 1.82) is 0 Å². The third-order valence-electron chi connectivity index (χ3n) is 7.02. The molecule has 2 saturated carbocycles. The van der Waals surface area contributed by atoms with Gasteiger partial charge in [0.2, 0.25) is 17.7 Å². The quantitative estimate of drug-likeness (QED) is 0.495. The van der Waals surface area contributed by atoms with E-state index in [1.807, 2.05) is 0 Å². The number of anilines is 1. The smallest absolute Gasteiger partial charge is 0.247 e. The van der Waals surface area contributed by atoms with E-state index < -0.39 is 11.9 Å². The molecule has 5 aliphatic rings. The van der Waals surface area contributed by atoms with Gasteiger partial charge in [-0.3, -0.25) is 24.1 Å². The fourth-order valence-corrected chi connectivity index (χ4v) is 5.51. The van der Waals surface area contributed by atoms with Crippen molar-refractivity contribution in [3.63, 3.8) is 0 Å². The molecular weight excluding hydrogens is 356 g/mol. The fourth-order valence-electron chi connectivity index (χ4n) is 5.51. The van der Waals surface area contributed by atoms with Crippen molar-refractivity contribution in [3.8, 4) is 0 Å². The van der Waals surface area contributed by atoms with E-state index in [4.69, 9.17) is 0 Å². The Morgan fingerprint density at radius 3 is 2.04 bits per heavy atom. The largest absolute Gasteiger partial charge is 0.324 e. The molecule has 2 bridgehead atoms. The summed E-state index contributed by atoms with van der Waals surface area (Å²) in [4.78, 5) is 51.4. The monoisotopic (exact) mass is 378 g/mol. The average molecular weight is 378 g/mol. The molecule has 6 heteroatoms. The van der Waals surface area contributed by atoms with Gasteiger partial charge in [-0.05, 0) is 68.2 Å². The standard InChI is InChI=1S/C22H22N2O4/c1-10(20(26)23-13-5-3-12(4-6-13)11(2)25)24-21(27)18-14-7-8-15(17-9-16(14)17)19(18)22(24)28/h3-8,10,14-19H,9H2,1-2H3,(H,23,26)/t10-,14-,15-,16-,17+,18+,19+/m0/s1. The lowest BCUT2D eigenvalue weighted by Crippen LogP contribution is -2.46. The van der Waals surface area contributed by atoms with Gasteiger partial charge in [-0.2, -0.15) is 0 Å². The number of hydrogen-bond donors (Lipinski definition) is 1. The molecule has 3 amide bonds. The highest BCUT2D eigenvalue weighted by Gasteiger charge is 2.67. The second kappa shape index (κ2) is 5.87. The zero-order chi connectivity index (χ0) is 19.7. The molecule has 1 saturated heterocycles. The summed E-state index contributed by atoms with van der Waals surface area (Å²) in [6.45, 7) is 3.08. The van der Waals surface area contributed by atoms with Gasteiger partial charge in [0.05, 0.1) is 11.8 Å². The van der Waals surface area contributed by atoms with Crippen LogP contribution in [0.15, 0.2) is 36.4 Å². The minimum absolute atomic E-state index is 0.0524. The van der Waals surface area contributed by atoms with Crippen molar-refractivity contribution >= 4 is 29.2 Å². The molecule has 1 N–H and O–H groups in total. The van der Waals surface area contributed by atoms with Crippen LogP contribution < -0.4 is 5.32 Å². The molecule has 1 aromatic rings. The second-order valence-corrected chi connectivity index (χ2v) is 8.50. The average Bonchev–Trinajstić information content (AvgIpc) is 3.45. The number of rotatable bonds is 4. The lowest BCUT2D eigenvalue weighted by molar-refractivity contribution is -0.146. The number of hydrogen-bond acceptors (Lipinski definition) is 4. The second-order valence-electron chi connectivity index (χ2n) is 8.50. The van der Waals surface area contributed by atoms with E-state index >= 15 is 0 Å². The molecule has 6 nitrogen and oxygen atoms in total. The zero-order valence-electron chi connectivity index (χ0n) is 15.8. The molecule has 0 spiro atoms. The first-order valence-electron chi connectivity index (χ1n) is 9.85. The van der Waals surface area contributed by atoms with E-state index in [1.165, 1.54) is 11.8 Å². The number of carbonyl (C=O) groups excluding carboxylic acids is 4. The van der Waals surface area contributed by atoms with Crippen LogP contribution in [0.4, 0.5) is 5.69 Å². The summed E-state index contributed by atoms with van der Waals surface area (Å²) in [5.41, 5.74) is 1.09.